The number of hydrogen-bond acceptors (Lipinski definition) is 7. The molecular formula is C9H13N3O4S. The molecular weight excluding hydrogens is 246 g/mol. The van der Waals surface area contributed by atoms with Crippen LogP contribution in [0.4, 0.5) is 5.82 Å². The van der Waals surface area contributed by atoms with Crippen molar-refractivity contribution in [2.45, 2.75) is 22.8 Å². The van der Waals surface area contributed by atoms with Crippen LogP contribution in [0.5, 0.6) is 0 Å². The highest BCUT2D eigenvalue weighted by molar-refractivity contribution is 8.00. The lowest BCUT2D eigenvalue weighted by Crippen LogP contribution is -2.36. The van der Waals surface area contributed by atoms with Crippen LogP contribution < -0.4 is 11.4 Å². The molecule has 0 aromatic carbocycles. The quantitative estimate of drug-likeness (QED) is 0.492. The maximum Gasteiger partial charge on any atom is 0.350 e. The molecule has 7 nitrogen and oxygen atoms in total. The van der Waals surface area contributed by atoms with Crippen molar-refractivity contribution in [1.29, 1.82) is 0 Å². The number of aliphatic hydroxyl groups is 3. The van der Waals surface area contributed by atoms with E-state index in [4.69, 9.17) is 10.8 Å². The van der Waals surface area contributed by atoms with Crippen LogP contribution >= 0.6 is 11.8 Å². The van der Waals surface area contributed by atoms with E-state index in [1.807, 2.05) is 0 Å². The SMILES string of the molecule is Nc1ccn([C@@H]2S[C@@H](CO)[C@@H](O)[C@@H]2O)c(=O)n1. The summed E-state index contributed by atoms with van der Waals surface area (Å²) in [6, 6.07) is 1.44. The first-order chi connectivity index (χ1) is 8.04. The number of hydrogen-bond donors (Lipinski definition) is 4. The molecule has 0 unspecified atom stereocenters. The second-order valence-electron chi connectivity index (χ2n) is 3.77. The van der Waals surface area contributed by atoms with Crippen LogP contribution in [-0.2, 0) is 0 Å². The Hall–Kier alpha value is -1.09. The first-order valence-corrected chi connectivity index (χ1v) is 5.96. The Kier molecular flexibility index (Phi) is 3.38. The van der Waals surface area contributed by atoms with Crippen LogP contribution in [0.25, 0.3) is 0 Å². The van der Waals surface area contributed by atoms with E-state index < -0.39 is 28.5 Å². The maximum atomic E-state index is 11.6. The molecule has 1 fully saturated rings. The predicted octanol–water partition coefficient (Wildman–Crippen LogP) is -1.85. The fraction of sp³-hybridized carbons (Fsp3) is 0.556. The topological polar surface area (TPSA) is 122 Å². The fourth-order valence-electron chi connectivity index (χ4n) is 1.73. The fourth-order valence-corrected chi connectivity index (χ4v) is 3.11. The zero-order chi connectivity index (χ0) is 12.6. The molecule has 0 amide bonds. The van der Waals surface area contributed by atoms with Gasteiger partial charge in [-0.05, 0) is 6.07 Å². The molecule has 1 aromatic rings. The van der Waals surface area contributed by atoms with Gasteiger partial charge < -0.3 is 21.1 Å². The van der Waals surface area contributed by atoms with Gasteiger partial charge in [-0.15, -0.1) is 11.8 Å². The van der Waals surface area contributed by atoms with Gasteiger partial charge in [0.1, 0.15) is 17.3 Å². The van der Waals surface area contributed by atoms with E-state index >= 15 is 0 Å². The summed E-state index contributed by atoms with van der Waals surface area (Å²) in [6.07, 6.45) is -0.780. The lowest BCUT2D eigenvalue weighted by Gasteiger charge is -2.17. The molecule has 2 heterocycles. The average molecular weight is 259 g/mol. The van der Waals surface area contributed by atoms with E-state index in [-0.39, 0.29) is 12.4 Å². The molecule has 5 N–H and O–H groups in total. The second kappa shape index (κ2) is 4.65. The number of nitrogens with two attached hydrogens (primary N) is 1. The van der Waals surface area contributed by atoms with Crippen LogP contribution in [0.15, 0.2) is 17.1 Å². The van der Waals surface area contributed by atoms with Crippen molar-refractivity contribution < 1.29 is 15.3 Å². The maximum absolute atomic E-state index is 11.6. The van der Waals surface area contributed by atoms with Crippen molar-refractivity contribution >= 4 is 17.6 Å². The minimum atomic E-state index is -1.12. The van der Waals surface area contributed by atoms with Crippen molar-refractivity contribution in [3.63, 3.8) is 0 Å². The number of aliphatic hydroxyl groups excluding tert-OH is 3. The zero-order valence-corrected chi connectivity index (χ0v) is 9.62. The van der Waals surface area contributed by atoms with Gasteiger partial charge in [-0.3, -0.25) is 4.57 Å². The van der Waals surface area contributed by atoms with Gasteiger partial charge in [0.15, 0.2) is 0 Å². The number of nitrogen functional groups attached to an aromatic ring is 1. The van der Waals surface area contributed by atoms with Crippen LogP contribution in [0.1, 0.15) is 5.37 Å². The van der Waals surface area contributed by atoms with E-state index in [2.05, 4.69) is 4.98 Å². The summed E-state index contributed by atoms with van der Waals surface area (Å²) in [4.78, 5) is 15.1. The van der Waals surface area contributed by atoms with E-state index in [1.165, 1.54) is 16.8 Å². The standard InChI is InChI=1S/C9H13N3O4S/c10-5-1-2-12(9(16)11-5)8-7(15)6(14)4(3-13)17-8/h1-2,4,6-8,13-15H,3H2,(H2,10,11,16)/t4-,6+,7-,8+/m0/s1. The molecule has 17 heavy (non-hydrogen) atoms. The molecule has 4 atom stereocenters. The molecule has 1 aliphatic rings. The molecule has 0 aliphatic carbocycles. The van der Waals surface area contributed by atoms with Crippen LogP contribution in [0.3, 0.4) is 0 Å². The van der Waals surface area contributed by atoms with Crippen LogP contribution in [-0.4, -0.2) is 48.9 Å². The minimum Gasteiger partial charge on any atom is -0.395 e. The van der Waals surface area contributed by atoms with Crippen molar-refractivity contribution in [3.8, 4) is 0 Å². The van der Waals surface area contributed by atoms with E-state index in [1.54, 1.807) is 0 Å². The summed E-state index contributed by atoms with van der Waals surface area (Å²) in [6.45, 7) is -0.267. The van der Waals surface area contributed by atoms with Gasteiger partial charge in [0.2, 0.25) is 0 Å². The smallest absolute Gasteiger partial charge is 0.350 e. The van der Waals surface area contributed by atoms with E-state index in [0.29, 0.717) is 0 Å². The Bertz CT molecular complexity index is 466. The van der Waals surface area contributed by atoms with Gasteiger partial charge in [-0.2, -0.15) is 4.98 Å². The van der Waals surface area contributed by atoms with E-state index in [0.717, 1.165) is 11.8 Å². The number of aromatic nitrogens is 2. The highest BCUT2D eigenvalue weighted by Crippen LogP contribution is 2.40. The Morgan fingerprint density at radius 3 is 2.71 bits per heavy atom. The Balaban J connectivity index is 2.32. The molecule has 0 bridgehead atoms. The van der Waals surface area contributed by atoms with Crippen LogP contribution in [0, 0.1) is 0 Å². The van der Waals surface area contributed by atoms with Crippen LogP contribution in [0.2, 0.25) is 0 Å². The van der Waals surface area contributed by atoms with Gasteiger partial charge in [0, 0.05) is 6.20 Å². The summed E-state index contributed by atoms with van der Waals surface area (Å²) in [5.41, 5.74) is 4.77. The molecule has 1 aromatic heterocycles. The summed E-state index contributed by atoms with van der Waals surface area (Å²) in [5.74, 6) is 0.1000. The Morgan fingerprint density at radius 2 is 2.18 bits per heavy atom. The normalized spacial score (nSPS) is 32.9. The first kappa shape index (κ1) is 12.4. The summed E-state index contributed by atoms with van der Waals surface area (Å²) >= 11 is 1.13. The van der Waals surface area contributed by atoms with Gasteiger partial charge in [0.05, 0.1) is 18.0 Å². The van der Waals surface area contributed by atoms with Crippen molar-refractivity contribution in [3.05, 3.63) is 22.7 Å². The van der Waals surface area contributed by atoms with Crippen molar-refractivity contribution in [2.24, 2.45) is 0 Å². The molecule has 0 radical (unpaired) electrons. The average Bonchev–Trinajstić information content (AvgIpc) is 2.57. The number of rotatable bonds is 2. The first-order valence-electron chi connectivity index (χ1n) is 5.01. The Labute approximate surface area is 101 Å². The second-order valence-corrected chi connectivity index (χ2v) is 5.13. The largest absolute Gasteiger partial charge is 0.395 e. The van der Waals surface area contributed by atoms with Gasteiger partial charge in [-0.25, -0.2) is 4.79 Å². The predicted molar refractivity (Wildman–Crippen MR) is 62.4 cm³/mol. The van der Waals surface area contributed by atoms with E-state index in [9.17, 15) is 15.0 Å². The molecule has 94 valence electrons. The van der Waals surface area contributed by atoms with Crippen molar-refractivity contribution in [2.75, 3.05) is 12.3 Å². The summed E-state index contributed by atoms with van der Waals surface area (Å²) in [5, 5.41) is 27.3. The molecule has 1 aliphatic heterocycles. The van der Waals surface area contributed by atoms with Gasteiger partial charge >= 0.3 is 5.69 Å². The highest BCUT2D eigenvalue weighted by atomic mass is 32.2. The van der Waals surface area contributed by atoms with Crippen molar-refractivity contribution in [1.82, 2.24) is 9.55 Å². The summed E-state index contributed by atoms with van der Waals surface area (Å²) in [7, 11) is 0. The molecule has 0 spiro atoms. The molecule has 0 saturated carbocycles. The summed E-state index contributed by atoms with van der Waals surface area (Å²) < 4.78 is 1.20. The van der Waals surface area contributed by atoms with Gasteiger partial charge in [0.25, 0.3) is 0 Å². The molecule has 2 rings (SSSR count). The third-order valence-electron chi connectivity index (χ3n) is 2.64. The molecule has 1 saturated heterocycles. The zero-order valence-electron chi connectivity index (χ0n) is 8.80. The number of nitrogens with zero attached hydrogens (tertiary/aromatic N) is 2. The lowest BCUT2D eigenvalue weighted by atomic mass is 10.1. The Morgan fingerprint density at radius 1 is 1.47 bits per heavy atom. The lowest BCUT2D eigenvalue weighted by molar-refractivity contribution is 0.0101. The number of thioether (sulfide) groups is 1. The monoisotopic (exact) mass is 259 g/mol. The number of anilines is 1. The third kappa shape index (κ3) is 2.16. The third-order valence-corrected chi connectivity index (χ3v) is 4.21. The molecule has 8 heteroatoms. The van der Waals surface area contributed by atoms with Gasteiger partial charge in [-0.1, -0.05) is 0 Å². The minimum absolute atomic E-state index is 0.1000. The highest BCUT2D eigenvalue weighted by Gasteiger charge is 2.43.